The van der Waals surface area contributed by atoms with Crippen LogP contribution in [0.3, 0.4) is 0 Å². The summed E-state index contributed by atoms with van der Waals surface area (Å²) in [4.78, 5) is 21.2. The summed E-state index contributed by atoms with van der Waals surface area (Å²) in [6.45, 7) is 0.991. The Hall–Kier alpha value is -2.47. The fourth-order valence-electron chi connectivity index (χ4n) is 3.48. The highest BCUT2D eigenvalue weighted by atomic mass is 15.3. The number of benzene rings is 1. The number of aromatic nitrogens is 4. The molecule has 1 fully saturated rings. The Morgan fingerprint density at radius 2 is 2.00 bits per heavy atom. The molecule has 0 saturated carbocycles. The van der Waals surface area contributed by atoms with Crippen molar-refractivity contribution in [3.63, 3.8) is 0 Å². The van der Waals surface area contributed by atoms with E-state index in [9.17, 15) is 0 Å². The summed E-state index contributed by atoms with van der Waals surface area (Å²) in [5, 5.41) is 0. The maximum Gasteiger partial charge on any atom is 0.152 e. The van der Waals surface area contributed by atoms with E-state index in [1.165, 1.54) is 5.69 Å². The standard InChI is InChI=1S/C17H20N6/c1-22(2)15-6-9-23(16(15)17-18-7-3-8-19-17)12-4-5-13-14(10-12)21-11-20-13/h3-5,7-8,10-11,15-16H,6,9H2,1-2H3,(H,20,21). The SMILES string of the molecule is CN(C)C1CCN(c2ccc3nc[nH]c3c2)C1c1ncccn1. The second kappa shape index (κ2) is 5.62. The lowest BCUT2D eigenvalue weighted by Gasteiger charge is -2.31. The molecular weight excluding hydrogens is 288 g/mol. The van der Waals surface area contributed by atoms with E-state index in [1.54, 1.807) is 6.33 Å². The molecule has 1 saturated heterocycles. The number of hydrogen-bond acceptors (Lipinski definition) is 5. The number of rotatable bonds is 3. The molecular formula is C17H20N6. The zero-order valence-corrected chi connectivity index (χ0v) is 13.3. The summed E-state index contributed by atoms with van der Waals surface area (Å²) in [5.74, 6) is 0.883. The van der Waals surface area contributed by atoms with Crippen molar-refractivity contribution in [2.24, 2.45) is 0 Å². The molecule has 1 aromatic carbocycles. The van der Waals surface area contributed by atoms with Crippen LogP contribution in [0.25, 0.3) is 11.0 Å². The molecule has 1 N–H and O–H groups in total. The molecule has 1 aliphatic heterocycles. The van der Waals surface area contributed by atoms with E-state index in [0.29, 0.717) is 6.04 Å². The van der Waals surface area contributed by atoms with Gasteiger partial charge >= 0.3 is 0 Å². The van der Waals surface area contributed by atoms with Crippen molar-refractivity contribution in [1.29, 1.82) is 0 Å². The van der Waals surface area contributed by atoms with Crippen molar-refractivity contribution < 1.29 is 0 Å². The van der Waals surface area contributed by atoms with E-state index in [0.717, 1.165) is 29.8 Å². The van der Waals surface area contributed by atoms with Gasteiger partial charge in [-0.05, 0) is 44.8 Å². The number of likely N-dealkylation sites (N-methyl/N-ethyl adjacent to an activating group) is 1. The van der Waals surface area contributed by atoms with Crippen LogP contribution < -0.4 is 4.90 Å². The number of nitrogens with zero attached hydrogens (tertiary/aromatic N) is 5. The third kappa shape index (κ3) is 2.45. The quantitative estimate of drug-likeness (QED) is 0.804. The highest BCUT2D eigenvalue weighted by molar-refractivity contribution is 5.79. The minimum Gasteiger partial charge on any atom is -0.360 e. The van der Waals surface area contributed by atoms with E-state index in [2.05, 4.69) is 62.0 Å². The molecule has 2 aromatic heterocycles. The third-order valence-corrected chi connectivity index (χ3v) is 4.62. The van der Waals surface area contributed by atoms with Gasteiger partial charge in [0.15, 0.2) is 5.82 Å². The lowest BCUT2D eigenvalue weighted by Crippen LogP contribution is -2.36. The molecule has 6 heteroatoms. The van der Waals surface area contributed by atoms with Gasteiger partial charge in [0.05, 0.1) is 17.4 Å². The van der Waals surface area contributed by atoms with Gasteiger partial charge in [0.25, 0.3) is 0 Å². The van der Waals surface area contributed by atoms with Crippen molar-refractivity contribution in [3.05, 3.63) is 48.8 Å². The minimum absolute atomic E-state index is 0.159. The molecule has 1 aliphatic rings. The molecule has 2 atom stereocenters. The molecule has 0 amide bonds. The predicted octanol–water partition coefficient (Wildman–Crippen LogP) is 2.23. The Balaban J connectivity index is 1.76. The molecule has 118 valence electrons. The van der Waals surface area contributed by atoms with Gasteiger partial charge in [0.2, 0.25) is 0 Å². The maximum atomic E-state index is 4.52. The third-order valence-electron chi connectivity index (χ3n) is 4.62. The summed E-state index contributed by atoms with van der Waals surface area (Å²) >= 11 is 0. The van der Waals surface area contributed by atoms with Crippen molar-refractivity contribution in [3.8, 4) is 0 Å². The maximum absolute atomic E-state index is 4.52. The van der Waals surface area contributed by atoms with E-state index in [-0.39, 0.29) is 6.04 Å². The average Bonchev–Trinajstić information content (AvgIpc) is 3.21. The molecule has 23 heavy (non-hydrogen) atoms. The van der Waals surface area contributed by atoms with Crippen LogP contribution in [0.1, 0.15) is 18.3 Å². The molecule has 0 radical (unpaired) electrons. The van der Waals surface area contributed by atoms with Crippen LogP contribution >= 0.6 is 0 Å². The summed E-state index contributed by atoms with van der Waals surface area (Å²) in [6, 6.07) is 8.78. The Morgan fingerprint density at radius 3 is 2.78 bits per heavy atom. The Labute approximate surface area is 135 Å². The second-order valence-electron chi connectivity index (χ2n) is 6.17. The minimum atomic E-state index is 0.159. The van der Waals surface area contributed by atoms with Crippen LogP contribution in [0, 0.1) is 0 Å². The van der Waals surface area contributed by atoms with Crippen LogP contribution in [-0.2, 0) is 0 Å². The summed E-state index contributed by atoms with van der Waals surface area (Å²) in [5.41, 5.74) is 3.23. The number of nitrogens with one attached hydrogen (secondary N) is 1. The van der Waals surface area contributed by atoms with Crippen LogP contribution in [0.4, 0.5) is 5.69 Å². The molecule has 3 heterocycles. The smallest absolute Gasteiger partial charge is 0.152 e. The summed E-state index contributed by atoms with van der Waals surface area (Å²) < 4.78 is 0. The van der Waals surface area contributed by atoms with Crippen molar-refractivity contribution in [2.45, 2.75) is 18.5 Å². The van der Waals surface area contributed by atoms with Crippen LogP contribution in [0.15, 0.2) is 43.0 Å². The van der Waals surface area contributed by atoms with E-state index < -0.39 is 0 Å². The molecule has 4 rings (SSSR count). The lowest BCUT2D eigenvalue weighted by atomic mass is 10.1. The average molecular weight is 308 g/mol. The summed E-state index contributed by atoms with van der Waals surface area (Å²) in [7, 11) is 4.25. The number of hydrogen-bond donors (Lipinski definition) is 1. The van der Waals surface area contributed by atoms with Gasteiger partial charge in [-0.3, -0.25) is 0 Å². The first kappa shape index (κ1) is 14.1. The lowest BCUT2D eigenvalue weighted by molar-refractivity contribution is 0.272. The highest BCUT2D eigenvalue weighted by Crippen LogP contribution is 2.37. The monoisotopic (exact) mass is 308 g/mol. The van der Waals surface area contributed by atoms with Gasteiger partial charge in [-0.1, -0.05) is 0 Å². The van der Waals surface area contributed by atoms with E-state index in [1.807, 2.05) is 18.5 Å². The number of fused-ring (bicyclic) bond motifs is 1. The van der Waals surface area contributed by atoms with Crippen molar-refractivity contribution in [1.82, 2.24) is 24.8 Å². The van der Waals surface area contributed by atoms with E-state index in [4.69, 9.17) is 0 Å². The van der Waals surface area contributed by atoms with E-state index >= 15 is 0 Å². The molecule has 2 unspecified atom stereocenters. The number of imidazole rings is 1. The Kier molecular flexibility index (Phi) is 3.46. The summed E-state index contributed by atoms with van der Waals surface area (Å²) in [6.07, 6.45) is 6.48. The van der Waals surface area contributed by atoms with Gasteiger partial charge < -0.3 is 14.8 Å². The molecule has 6 nitrogen and oxygen atoms in total. The topological polar surface area (TPSA) is 60.9 Å². The van der Waals surface area contributed by atoms with Gasteiger partial charge in [0.1, 0.15) is 6.04 Å². The van der Waals surface area contributed by atoms with Crippen LogP contribution in [0.5, 0.6) is 0 Å². The Bertz CT molecular complexity index is 797. The van der Waals surface area contributed by atoms with Gasteiger partial charge in [-0.15, -0.1) is 0 Å². The molecule has 0 aliphatic carbocycles. The van der Waals surface area contributed by atoms with Crippen molar-refractivity contribution in [2.75, 3.05) is 25.5 Å². The van der Waals surface area contributed by atoms with Gasteiger partial charge in [-0.25, -0.2) is 15.0 Å². The fourth-order valence-corrected chi connectivity index (χ4v) is 3.48. The largest absolute Gasteiger partial charge is 0.360 e. The van der Waals surface area contributed by atoms with Crippen LogP contribution in [-0.4, -0.2) is 51.5 Å². The predicted molar refractivity (Wildman–Crippen MR) is 90.3 cm³/mol. The van der Waals surface area contributed by atoms with Gasteiger partial charge in [-0.2, -0.15) is 0 Å². The zero-order valence-electron chi connectivity index (χ0n) is 13.3. The first-order valence-electron chi connectivity index (χ1n) is 7.87. The molecule has 0 spiro atoms. The fraction of sp³-hybridized carbons (Fsp3) is 0.353. The highest BCUT2D eigenvalue weighted by Gasteiger charge is 2.38. The molecule has 3 aromatic rings. The number of H-pyrrole nitrogens is 1. The van der Waals surface area contributed by atoms with Crippen molar-refractivity contribution >= 4 is 16.7 Å². The van der Waals surface area contributed by atoms with Gasteiger partial charge in [0, 0.05) is 30.7 Å². The number of anilines is 1. The normalized spacial score (nSPS) is 21.4. The first-order valence-corrected chi connectivity index (χ1v) is 7.87. The van der Waals surface area contributed by atoms with Crippen LogP contribution in [0.2, 0.25) is 0 Å². The first-order chi connectivity index (χ1) is 11.2. The molecule has 0 bridgehead atoms. The zero-order chi connectivity index (χ0) is 15.8. The number of aromatic amines is 1. The Morgan fingerprint density at radius 1 is 1.17 bits per heavy atom. The second-order valence-corrected chi connectivity index (χ2v) is 6.17.